The van der Waals surface area contributed by atoms with Crippen LogP contribution in [-0.4, -0.2) is 28.0 Å². The maximum atomic E-state index is 5.70. The summed E-state index contributed by atoms with van der Waals surface area (Å²) in [6, 6.07) is 0. The molecule has 1 unspecified atom stereocenters. The van der Waals surface area contributed by atoms with Gasteiger partial charge in [0.25, 0.3) is 0 Å². The second-order valence-corrected chi connectivity index (χ2v) is 7.31. The van der Waals surface area contributed by atoms with Gasteiger partial charge in [0, 0.05) is 35.5 Å². The van der Waals surface area contributed by atoms with Crippen LogP contribution in [0.15, 0.2) is 11.6 Å². The minimum Gasteiger partial charge on any atom is -0.375 e. The van der Waals surface area contributed by atoms with Crippen LogP contribution in [0, 0.1) is 0 Å². The van der Waals surface area contributed by atoms with E-state index in [0.717, 1.165) is 19.5 Å². The lowest BCUT2D eigenvalue weighted by molar-refractivity contribution is 0.201. The molecular formula is C14H20N4S2. The minimum absolute atomic E-state index is 0.597. The molecule has 2 aromatic heterocycles. The predicted molar refractivity (Wildman–Crippen MR) is 85.3 cm³/mol. The molecular weight excluding hydrogens is 288 g/mol. The highest BCUT2D eigenvalue weighted by Gasteiger charge is 2.24. The summed E-state index contributed by atoms with van der Waals surface area (Å²) in [5, 5.41) is 4.19. The zero-order chi connectivity index (χ0) is 13.9. The number of hydrogen-bond acceptors (Lipinski definition) is 6. The van der Waals surface area contributed by atoms with Crippen molar-refractivity contribution < 1.29 is 0 Å². The second kappa shape index (κ2) is 6.20. The van der Waals surface area contributed by atoms with Crippen molar-refractivity contribution in [2.75, 3.05) is 18.8 Å². The number of rotatable bonds is 4. The molecule has 6 heteroatoms. The summed E-state index contributed by atoms with van der Waals surface area (Å²) in [6.07, 6.45) is 5.45. The fraction of sp³-hybridized carbons (Fsp3) is 0.571. The first kappa shape index (κ1) is 14.0. The molecule has 1 aliphatic rings. The molecule has 2 aromatic rings. The quantitative estimate of drug-likeness (QED) is 0.943. The van der Waals surface area contributed by atoms with Gasteiger partial charge in [-0.1, -0.05) is 6.92 Å². The van der Waals surface area contributed by atoms with E-state index in [1.54, 1.807) is 11.3 Å². The Hall–Kier alpha value is -0.980. The van der Waals surface area contributed by atoms with Gasteiger partial charge >= 0.3 is 0 Å². The van der Waals surface area contributed by atoms with Gasteiger partial charge < -0.3 is 5.73 Å². The van der Waals surface area contributed by atoms with Gasteiger partial charge in [0.2, 0.25) is 0 Å². The number of thiazole rings is 2. The number of nitrogens with two attached hydrogens (primary N) is 1. The molecule has 108 valence electrons. The molecule has 20 heavy (non-hydrogen) atoms. The highest BCUT2D eigenvalue weighted by atomic mass is 32.1. The van der Waals surface area contributed by atoms with E-state index in [4.69, 9.17) is 10.7 Å². The molecule has 1 atom stereocenters. The average Bonchev–Trinajstić information content (AvgIpc) is 3.08. The number of likely N-dealkylation sites (tertiary alicyclic amines) is 1. The first-order valence-electron chi connectivity index (χ1n) is 7.11. The van der Waals surface area contributed by atoms with Gasteiger partial charge in [-0.05, 0) is 25.8 Å². The van der Waals surface area contributed by atoms with Gasteiger partial charge in [-0.2, -0.15) is 0 Å². The van der Waals surface area contributed by atoms with Crippen LogP contribution in [0.3, 0.4) is 0 Å². The van der Waals surface area contributed by atoms with E-state index in [0.29, 0.717) is 11.0 Å². The SMILES string of the molecule is CCc1csc(C2CCCN(Cc3cnc(N)s3)C2)n1. The van der Waals surface area contributed by atoms with Crippen molar-refractivity contribution in [1.29, 1.82) is 0 Å². The van der Waals surface area contributed by atoms with Crippen molar-refractivity contribution in [3.05, 3.63) is 27.2 Å². The largest absolute Gasteiger partial charge is 0.375 e. The number of aryl methyl sites for hydroxylation is 1. The molecule has 0 spiro atoms. The van der Waals surface area contributed by atoms with Crippen molar-refractivity contribution in [3.63, 3.8) is 0 Å². The third-order valence-electron chi connectivity index (χ3n) is 3.74. The van der Waals surface area contributed by atoms with Gasteiger partial charge in [0.05, 0.1) is 10.7 Å². The molecule has 0 aliphatic carbocycles. The molecule has 0 aromatic carbocycles. The molecule has 1 saturated heterocycles. The first-order valence-corrected chi connectivity index (χ1v) is 8.81. The van der Waals surface area contributed by atoms with Crippen molar-refractivity contribution in [1.82, 2.24) is 14.9 Å². The van der Waals surface area contributed by atoms with Crippen LogP contribution in [0.1, 0.15) is 41.3 Å². The number of aromatic nitrogens is 2. The van der Waals surface area contributed by atoms with Crippen LogP contribution in [0.4, 0.5) is 5.13 Å². The Morgan fingerprint density at radius 3 is 3.10 bits per heavy atom. The van der Waals surface area contributed by atoms with Crippen molar-refractivity contribution in [2.24, 2.45) is 0 Å². The number of hydrogen-bond donors (Lipinski definition) is 1. The molecule has 0 radical (unpaired) electrons. The summed E-state index contributed by atoms with van der Waals surface area (Å²) >= 11 is 3.42. The van der Waals surface area contributed by atoms with E-state index < -0.39 is 0 Å². The summed E-state index contributed by atoms with van der Waals surface area (Å²) in [7, 11) is 0. The standard InChI is InChI=1S/C14H20N4S2/c1-2-11-9-19-13(17-11)10-4-3-5-18(7-10)8-12-6-16-14(15)20-12/h6,9-10H,2-5,7-8H2,1H3,(H2,15,16). The van der Waals surface area contributed by atoms with Crippen molar-refractivity contribution in [2.45, 2.75) is 38.6 Å². The number of anilines is 1. The minimum atomic E-state index is 0.597. The molecule has 0 bridgehead atoms. The zero-order valence-electron chi connectivity index (χ0n) is 11.7. The van der Waals surface area contributed by atoms with Crippen LogP contribution in [0.2, 0.25) is 0 Å². The van der Waals surface area contributed by atoms with Crippen LogP contribution < -0.4 is 5.73 Å². The predicted octanol–water partition coefficient (Wildman–Crippen LogP) is 3.12. The lowest BCUT2D eigenvalue weighted by atomic mass is 9.99. The zero-order valence-corrected chi connectivity index (χ0v) is 13.3. The third kappa shape index (κ3) is 3.19. The van der Waals surface area contributed by atoms with Gasteiger partial charge in [-0.3, -0.25) is 4.90 Å². The van der Waals surface area contributed by atoms with Crippen LogP contribution in [0.5, 0.6) is 0 Å². The normalized spacial score (nSPS) is 20.4. The molecule has 0 saturated carbocycles. The molecule has 1 aliphatic heterocycles. The maximum Gasteiger partial charge on any atom is 0.180 e. The summed E-state index contributed by atoms with van der Waals surface area (Å²) < 4.78 is 0. The lowest BCUT2D eigenvalue weighted by Crippen LogP contribution is -2.33. The van der Waals surface area contributed by atoms with Crippen molar-refractivity contribution >= 4 is 27.8 Å². The van der Waals surface area contributed by atoms with E-state index in [2.05, 4.69) is 22.2 Å². The van der Waals surface area contributed by atoms with E-state index >= 15 is 0 Å². The second-order valence-electron chi connectivity index (χ2n) is 5.27. The Morgan fingerprint density at radius 1 is 1.50 bits per heavy atom. The Bertz CT molecular complexity index is 563. The Kier molecular flexibility index (Phi) is 4.33. The summed E-state index contributed by atoms with van der Waals surface area (Å²) in [4.78, 5) is 12.7. The van der Waals surface area contributed by atoms with Gasteiger partial charge in [0.1, 0.15) is 0 Å². The first-order chi connectivity index (χ1) is 9.74. The third-order valence-corrected chi connectivity index (χ3v) is 5.60. The van der Waals surface area contributed by atoms with Crippen LogP contribution in [-0.2, 0) is 13.0 Å². The maximum absolute atomic E-state index is 5.70. The average molecular weight is 308 g/mol. The van der Waals surface area contributed by atoms with E-state index in [1.807, 2.05) is 17.5 Å². The van der Waals surface area contributed by atoms with E-state index in [1.165, 1.54) is 35.0 Å². The topological polar surface area (TPSA) is 55.0 Å². The molecule has 0 amide bonds. The van der Waals surface area contributed by atoms with Crippen molar-refractivity contribution in [3.8, 4) is 0 Å². The molecule has 4 nitrogen and oxygen atoms in total. The van der Waals surface area contributed by atoms with E-state index in [-0.39, 0.29) is 0 Å². The summed E-state index contributed by atoms with van der Waals surface area (Å²) in [6.45, 7) is 5.41. The highest BCUT2D eigenvalue weighted by Crippen LogP contribution is 2.30. The number of nitrogen functional groups attached to an aromatic ring is 1. The highest BCUT2D eigenvalue weighted by molar-refractivity contribution is 7.15. The Labute approximate surface area is 127 Å². The van der Waals surface area contributed by atoms with Crippen LogP contribution in [0.25, 0.3) is 0 Å². The van der Waals surface area contributed by atoms with Crippen LogP contribution >= 0.6 is 22.7 Å². The molecule has 3 heterocycles. The fourth-order valence-electron chi connectivity index (χ4n) is 2.69. The fourth-order valence-corrected chi connectivity index (χ4v) is 4.45. The van der Waals surface area contributed by atoms with E-state index in [9.17, 15) is 0 Å². The van der Waals surface area contributed by atoms with Gasteiger partial charge in [-0.25, -0.2) is 9.97 Å². The van der Waals surface area contributed by atoms with Gasteiger partial charge in [0.15, 0.2) is 5.13 Å². The molecule has 1 fully saturated rings. The summed E-state index contributed by atoms with van der Waals surface area (Å²) in [5.74, 6) is 0.597. The molecule has 3 rings (SSSR count). The lowest BCUT2D eigenvalue weighted by Gasteiger charge is -2.31. The Balaban J connectivity index is 1.64. The monoisotopic (exact) mass is 308 g/mol. The van der Waals surface area contributed by atoms with Gasteiger partial charge in [-0.15, -0.1) is 22.7 Å². The number of nitrogens with zero attached hydrogens (tertiary/aromatic N) is 3. The summed E-state index contributed by atoms with van der Waals surface area (Å²) in [5.41, 5.74) is 6.93. The molecule has 2 N–H and O–H groups in total. The number of piperidine rings is 1. The Morgan fingerprint density at radius 2 is 2.40 bits per heavy atom. The smallest absolute Gasteiger partial charge is 0.180 e.